The molecule has 5 rings (SSSR count). The van der Waals surface area contributed by atoms with Gasteiger partial charge in [0.1, 0.15) is 11.6 Å². The van der Waals surface area contributed by atoms with Crippen LogP contribution in [0.3, 0.4) is 0 Å². The van der Waals surface area contributed by atoms with E-state index < -0.39 is 31.4 Å². The van der Waals surface area contributed by atoms with Crippen molar-refractivity contribution in [2.75, 3.05) is 6.54 Å². The van der Waals surface area contributed by atoms with Gasteiger partial charge in [-0.2, -0.15) is 0 Å². The Hall–Kier alpha value is -2.35. The number of piperidine rings is 1. The number of fused-ring (bicyclic) bond motifs is 2. The Morgan fingerprint density at radius 3 is 2.43 bits per heavy atom. The fourth-order valence-electron chi connectivity index (χ4n) is 6.68. The molecule has 3 unspecified atom stereocenters. The van der Waals surface area contributed by atoms with Gasteiger partial charge in [0.15, 0.2) is 0 Å². The van der Waals surface area contributed by atoms with Gasteiger partial charge in [-0.1, -0.05) is 44.0 Å². The summed E-state index contributed by atoms with van der Waals surface area (Å²) in [6.45, 7) is -3.95. The highest BCUT2D eigenvalue weighted by molar-refractivity contribution is 5.79. The number of aromatic nitrogens is 3. The smallest absolute Gasteiger partial charge is 0.248 e. The number of hydrogen-bond acceptors (Lipinski definition) is 4. The van der Waals surface area contributed by atoms with Gasteiger partial charge in [-0.25, -0.2) is 8.78 Å². The lowest BCUT2D eigenvalue weighted by atomic mass is 9.86. The summed E-state index contributed by atoms with van der Waals surface area (Å²) in [4.78, 5) is 15.6. The zero-order chi connectivity index (χ0) is 32.1. The van der Waals surface area contributed by atoms with Crippen LogP contribution in [0.4, 0.5) is 8.78 Å². The second kappa shape index (κ2) is 10.8. The molecule has 1 saturated carbocycles. The molecule has 2 aromatic rings. The number of alkyl halides is 2. The number of carbonyl (C=O) groups excluding carboxylic acids is 1. The molecule has 1 aromatic heterocycles. The number of rotatable bonds is 8. The van der Waals surface area contributed by atoms with Crippen molar-refractivity contribution in [1.82, 2.24) is 25.0 Å². The van der Waals surface area contributed by atoms with Gasteiger partial charge in [0.25, 0.3) is 0 Å². The van der Waals surface area contributed by atoms with Crippen molar-refractivity contribution < 1.29 is 23.2 Å². The molecule has 1 aliphatic carbocycles. The van der Waals surface area contributed by atoms with E-state index >= 15 is 0 Å². The summed E-state index contributed by atoms with van der Waals surface area (Å²) in [6, 6.07) is 9.39. The fraction of sp³-hybridized carbons (Fsp3) is 0.690. The SMILES string of the molecule is [2H]C([2H])([2H])C([2H])(c1nnc(C)n1C1CC2CCC(C1)N2CCC(NC(=O)C1CCC(F)(F)CC1)c1ccccc1)C([2H])([2H])[2H]. The molecule has 3 atom stereocenters. The molecule has 1 aromatic carbocycles. The predicted molar refractivity (Wildman–Crippen MR) is 139 cm³/mol. The highest BCUT2D eigenvalue weighted by atomic mass is 19.3. The van der Waals surface area contributed by atoms with E-state index in [9.17, 15) is 13.6 Å². The van der Waals surface area contributed by atoms with Crippen LogP contribution in [0, 0.1) is 12.8 Å². The van der Waals surface area contributed by atoms with E-state index in [0.717, 1.165) is 18.4 Å². The van der Waals surface area contributed by atoms with Gasteiger partial charge < -0.3 is 9.88 Å². The first-order chi connectivity index (χ1) is 20.5. The molecule has 1 N–H and O–H groups in total. The largest absolute Gasteiger partial charge is 0.349 e. The zero-order valence-electron chi connectivity index (χ0n) is 28.3. The summed E-state index contributed by atoms with van der Waals surface area (Å²) in [5, 5.41) is 11.2. The average Bonchev–Trinajstić information content (AvgIpc) is 3.44. The molecule has 3 aliphatic rings. The fourth-order valence-corrected chi connectivity index (χ4v) is 6.68. The minimum atomic E-state index is -3.15. The average molecular weight is 521 g/mol. The molecule has 8 heteroatoms. The van der Waals surface area contributed by atoms with E-state index in [0.29, 0.717) is 31.6 Å². The van der Waals surface area contributed by atoms with Gasteiger partial charge >= 0.3 is 0 Å². The molecule has 2 saturated heterocycles. The maximum absolute atomic E-state index is 13.7. The lowest BCUT2D eigenvalue weighted by molar-refractivity contribution is -0.130. The normalized spacial score (nSPS) is 30.7. The summed E-state index contributed by atoms with van der Waals surface area (Å²) >= 11 is 0. The molecule has 202 valence electrons. The van der Waals surface area contributed by atoms with Gasteiger partial charge in [0.2, 0.25) is 11.8 Å². The van der Waals surface area contributed by atoms with Crippen LogP contribution in [0.15, 0.2) is 30.3 Å². The van der Waals surface area contributed by atoms with Crippen LogP contribution in [0.25, 0.3) is 0 Å². The molecule has 3 heterocycles. The van der Waals surface area contributed by atoms with Crippen LogP contribution in [-0.4, -0.2) is 50.1 Å². The van der Waals surface area contributed by atoms with Gasteiger partial charge in [-0.15, -0.1) is 10.2 Å². The highest BCUT2D eigenvalue weighted by Crippen LogP contribution is 2.42. The Morgan fingerprint density at radius 2 is 1.78 bits per heavy atom. The molecule has 2 aliphatic heterocycles. The van der Waals surface area contributed by atoms with Crippen LogP contribution in [0.1, 0.15) is 116 Å². The molecule has 0 spiro atoms. The van der Waals surface area contributed by atoms with Gasteiger partial charge in [-0.05, 0) is 57.4 Å². The lowest BCUT2D eigenvalue weighted by Gasteiger charge is -2.40. The van der Waals surface area contributed by atoms with E-state index in [2.05, 4.69) is 20.4 Å². The molecule has 6 nitrogen and oxygen atoms in total. The highest BCUT2D eigenvalue weighted by Gasteiger charge is 2.42. The second-order valence-electron chi connectivity index (χ2n) is 11.0. The second-order valence-corrected chi connectivity index (χ2v) is 11.0. The standard InChI is InChI=1S/C29H41F2N5O/c1-19(2)27-34-33-20(3)36(27)25-17-23-9-10-24(18-25)35(23)16-13-26(21-7-5-4-6-8-21)32-28(37)22-11-14-29(30,31)15-12-22/h4-8,19,22-26H,9-18H2,1-3H3,(H,32,37)/i1D3,2D3,19D. The molecule has 3 fully saturated rings. The van der Waals surface area contributed by atoms with Crippen LogP contribution in [-0.2, 0) is 4.79 Å². The molecule has 0 radical (unpaired) electrons. The van der Waals surface area contributed by atoms with Crippen molar-refractivity contribution in [3.05, 3.63) is 47.5 Å². The van der Waals surface area contributed by atoms with Crippen molar-refractivity contribution >= 4 is 5.91 Å². The van der Waals surface area contributed by atoms with Crippen molar-refractivity contribution in [3.8, 4) is 0 Å². The number of benzene rings is 1. The summed E-state index contributed by atoms with van der Waals surface area (Å²) in [6.07, 6.45) is 3.51. The monoisotopic (exact) mass is 520 g/mol. The number of hydrogen-bond donors (Lipinski definition) is 1. The van der Waals surface area contributed by atoms with Crippen LogP contribution >= 0.6 is 0 Å². The molecule has 37 heavy (non-hydrogen) atoms. The van der Waals surface area contributed by atoms with E-state index in [-0.39, 0.29) is 61.6 Å². The summed E-state index contributed by atoms with van der Waals surface area (Å²) in [5.41, 5.74) is 0.954. The summed E-state index contributed by atoms with van der Waals surface area (Å²) in [7, 11) is 0. The first kappa shape index (κ1) is 18.8. The van der Waals surface area contributed by atoms with Crippen molar-refractivity contribution in [2.24, 2.45) is 5.92 Å². The summed E-state index contributed by atoms with van der Waals surface area (Å²) < 4.78 is 85.4. The van der Waals surface area contributed by atoms with Crippen molar-refractivity contribution in [2.45, 2.75) is 114 Å². The third-order valence-corrected chi connectivity index (χ3v) is 8.60. The Morgan fingerprint density at radius 1 is 1.11 bits per heavy atom. The summed E-state index contributed by atoms with van der Waals surface area (Å²) in [5.74, 6) is -6.20. The van der Waals surface area contributed by atoms with E-state index in [1.807, 2.05) is 30.3 Å². The van der Waals surface area contributed by atoms with E-state index in [4.69, 9.17) is 9.60 Å². The first-order valence-corrected chi connectivity index (χ1v) is 13.4. The van der Waals surface area contributed by atoms with Gasteiger partial charge in [0, 0.05) is 58.9 Å². The number of nitrogens with one attached hydrogen (secondary N) is 1. The molecular formula is C29H41F2N5O. The molecule has 2 bridgehead atoms. The molecular weight excluding hydrogens is 472 g/mol. The zero-order valence-corrected chi connectivity index (χ0v) is 21.3. The van der Waals surface area contributed by atoms with E-state index in [1.165, 1.54) is 0 Å². The molecule has 1 amide bonds. The van der Waals surface area contributed by atoms with Crippen LogP contribution in [0.2, 0.25) is 0 Å². The first-order valence-electron chi connectivity index (χ1n) is 16.9. The minimum Gasteiger partial charge on any atom is -0.349 e. The number of amides is 1. The number of carbonyl (C=O) groups is 1. The van der Waals surface area contributed by atoms with Gasteiger partial charge in [-0.3, -0.25) is 9.69 Å². The minimum absolute atomic E-state index is 0.141. The Labute approximate surface area is 229 Å². The van der Waals surface area contributed by atoms with Crippen LogP contribution in [0.5, 0.6) is 0 Å². The van der Waals surface area contributed by atoms with Gasteiger partial charge in [0.05, 0.1) is 6.04 Å². The Kier molecular flexibility index (Phi) is 5.49. The Bertz CT molecular complexity index is 1280. The van der Waals surface area contributed by atoms with Crippen molar-refractivity contribution in [3.63, 3.8) is 0 Å². The predicted octanol–water partition coefficient (Wildman–Crippen LogP) is 5.95. The van der Waals surface area contributed by atoms with Crippen LogP contribution < -0.4 is 5.32 Å². The number of aryl methyl sites for hydroxylation is 1. The number of halogens is 2. The quantitative estimate of drug-likeness (QED) is 0.467. The van der Waals surface area contributed by atoms with Crippen molar-refractivity contribution in [1.29, 1.82) is 0 Å². The third-order valence-electron chi connectivity index (χ3n) is 8.60. The third kappa shape index (κ3) is 5.74. The number of nitrogens with zero attached hydrogens (tertiary/aromatic N) is 4. The Balaban J connectivity index is 1.30. The maximum atomic E-state index is 13.7. The topological polar surface area (TPSA) is 63.1 Å². The van der Waals surface area contributed by atoms with E-state index in [1.54, 1.807) is 11.5 Å². The maximum Gasteiger partial charge on any atom is 0.248 e. The lowest BCUT2D eigenvalue weighted by Crippen LogP contribution is -2.45.